The van der Waals surface area contributed by atoms with Gasteiger partial charge in [-0.3, -0.25) is 9.59 Å². The molecule has 0 unspecified atom stereocenters. The lowest BCUT2D eigenvalue weighted by Gasteiger charge is -2.35. The highest BCUT2D eigenvalue weighted by molar-refractivity contribution is 6.34. The molecular weight excluding hydrogens is 360 g/mol. The number of likely N-dealkylation sites (tertiary alicyclic amines) is 1. The van der Waals surface area contributed by atoms with E-state index in [1.165, 1.54) is 17.0 Å². The number of carbonyl (C=O) groups excluding carboxylic acids is 2. The predicted molar refractivity (Wildman–Crippen MR) is 97.3 cm³/mol. The van der Waals surface area contributed by atoms with Crippen molar-refractivity contribution >= 4 is 35.1 Å². The molecule has 8 heteroatoms. The Bertz CT molecular complexity index is 712. The lowest BCUT2D eigenvalue weighted by atomic mass is 9.91. The Labute approximate surface area is 156 Å². The van der Waals surface area contributed by atoms with E-state index >= 15 is 0 Å². The van der Waals surface area contributed by atoms with Gasteiger partial charge < -0.3 is 20.4 Å². The zero-order valence-corrected chi connectivity index (χ0v) is 15.5. The highest BCUT2D eigenvalue weighted by Gasteiger charge is 2.40. The Kier molecular flexibility index (Phi) is 6.26. The number of amides is 2. The van der Waals surface area contributed by atoms with E-state index in [-0.39, 0.29) is 54.2 Å². The number of aliphatic hydroxyl groups is 1. The first-order valence-electron chi connectivity index (χ1n) is 8.47. The molecule has 0 saturated carbocycles. The lowest BCUT2D eigenvalue weighted by molar-refractivity contribution is -0.162. The summed E-state index contributed by atoms with van der Waals surface area (Å²) in [5, 5.41) is 22.0. The van der Waals surface area contributed by atoms with Gasteiger partial charge in [0.2, 0.25) is 5.91 Å². The topological polar surface area (TPSA) is 107 Å². The van der Waals surface area contributed by atoms with Gasteiger partial charge in [-0.1, -0.05) is 25.4 Å². The third kappa shape index (κ3) is 4.74. The van der Waals surface area contributed by atoms with Crippen molar-refractivity contribution in [2.75, 3.05) is 18.4 Å². The number of nitrogens with one attached hydrogen (secondary N) is 1. The van der Waals surface area contributed by atoms with Crippen LogP contribution in [0.1, 0.15) is 43.5 Å². The van der Waals surface area contributed by atoms with Crippen LogP contribution in [0.2, 0.25) is 5.02 Å². The predicted octanol–water partition coefficient (Wildman–Crippen LogP) is 2.38. The van der Waals surface area contributed by atoms with Gasteiger partial charge in [-0.25, -0.2) is 4.79 Å². The molecule has 1 saturated heterocycles. The summed E-state index contributed by atoms with van der Waals surface area (Å²) < 4.78 is 0. The fourth-order valence-corrected chi connectivity index (χ4v) is 3.01. The number of piperidine rings is 1. The zero-order valence-electron chi connectivity index (χ0n) is 14.8. The van der Waals surface area contributed by atoms with Crippen molar-refractivity contribution in [1.82, 2.24) is 4.90 Å². The third-order valence-corrected chi connectivity index (χ3v) is 4.68. The maximum atomic E-state index is 12.7. The molecule has 1 heterocycles. The van der Waals surface area contributed by atoms with Gasteiger partial charge in [0.15, 0.2) is 5.60 Å². The van der Waals surface area contributed by atoms with Gasteiger partial charge in [0.1, 0.15) is 0 Å². The van der Waals surface area contributed by atoms with Crippen molar-refractivity contribution in [2.24, 2.45) is 5.92 Å². The maximum Gasteiger partial charge on any atom is 0.335 e. The molecule has 26 heavy (non-hydrogen) atoms. The van der Waals surface area contributed by atoms with E-state index in [0.717, 1.165) is 0 Å². The molecule has 142 valence electrons. The molecule has 0 bridgehead atoms. The number of hydrogen-bond acceptors (Lipinski definition) is 4. The second kappa shape index (κ2) is 8.05. The number of carbonyl (C=O) groups is 3. The van der Waals surface area contributed by atoms with Crippen LogP contribution in [0.4, 0.5) is 5.69 Å². The van der Waals surface area contributed by atoms with Gasteiger partial charge in [0.05, 0.1) is 10.6 Å². The third-order valence-electron chi connectivity index (χ3n) is 4.35. The summed E-state index contributed by atoms with van der Waals surface area (Å²) in [4.78, 5) is 37.2. The van der Waals surface area contributed by atoms with Crippen molar-refractivity contribution in [3.8, 4) is 0 Å². The number of halogens is 1. The lowest BCUT2D eigenvalue weighted by Crippen LogP contribution is -2.50. The summed E-state index contributed by atoms with van der Waals surface area (Å²) in [5.41, 5.74) is -1.09. The number of carboxylic acid groups (broad SMARTS) is 1. The van der Waals surface area contributed by atoms with Gasteiger partial charge in [-0.15, -0.1) is 0 Å². The number of benzene rings is 1. The molecule has 0 spiro atoms. The molecular formula is C18H23ClN2O5. The monoisotopic (exact) mass is 382 g/mol. The summed E-state index contributed by atoms with van der Waals surface area (Å²) in [6.45, 7) is 4.10. The number of hydrogen-bond donors (Lipinski definition) is 3. The van der Waals surface area contributed by atoms with Crippen LogP contribution < -0.4 is 5.32 Å². The van der Waals surface area contributed by atoms with E-state index in [2.05, 4.69) is 5.32 Å². The Morgan fingerprint density at radius 3 is 2.42 bits per heavy atom. The van der Waals surface area contributed by atoms with E-state index in [1.807, 2.05) is 13.8 Å². The Morgan fingerprint density at radius 2 is 1.88 bits per heavy atom. The van der Waals surface area contributed by atoms with E-state index in [9.17, 15) is 19.5 Å². The largest absolute Gasteiger partial charge is 0.479 e. The molecule has 1 aliphatic heterocycles. The molecule has 3 N–H and O–H groups in total. The van der Waals surface area contributed by atoms with E-state index in [0.29, 0.717) is 12.1 Å². The molecule has 0 aliphatic carbocycles. The Morgan fingerprint density at radius 1 is 1.27 bits per heavy atom. The SMILES string of the molecule is CC(C)CC(=O)Nc1ccc(Cl)c(C(=O)N2CCC(O)(C(=O)O)CC2)c1. The van der Waals surface area contributed by atoms with Crippen LogP contribution >= 0.6 is 11.6 Å². The number of anilines is 1. The minimum atomic E-state index is -1.80. The van der Waals surface area contributed by atoms with Gasteiger partial charge in [0.25, 0.3) is 5.91 Å². The molecule has 1 aromatic carbocycles. The molecule has 1 aliphatic rings. The Balaban J connectivity index is 2.10. The van der Waals surface area contributed by atoms with E-state index in [1.54, 1.807) is 6.07 Å². The molecule has 7 nitrogen and oxygen atoms in total. The van der Waals surface area contributed by atoms with Crippen LogP contribution in [0.15, 0.2) is 18.2 Å². The van der Waals surface area contributed by atoms with Gasteiger partial charge in [0, 0.05) is 38.0 Å². The standard InChI is InChI=1S/C18H23ClN2O5/c1-11(2)9-15(22)20-12-3-4-14(19)13(10-12)16(23)21-7-5-18(26,6-8-21)17(24)25/h3-4,10-11,26H,5-9H2,1-2H3,(H,20,22)(H,24,25). The van der Waals surface area contributed by atoms with Crippen molar-refractivity contribution < 1.29 is 24.6 Å². The first-order valence-corrected chi connectivity index (χ1v) is 8.84. The molecule has 0 aromatic heterocycles. The number of nitrogens with zero attached hydrogens (tertiary/aromatic N) is 1. The summed E-state index contributed by atoms with van der Waals surface area (Å²) in [6.07, 6.45) is 0.277. The summed E-state index contributed by atoms with van der Waals surface area (Å²) in [7, 11) is 0. The fourth-order valence-electron chi connectivity index (χ4n) is 2.81. The van der Waals surface area contributed by atoms with Crippen LogP contribution in [0.25, 0.3) is 0 Å². The maximum absolute atomic E-state index is 12.7. The average molecular weight is 383 g/mol. The normalized spacial score (nSPS) is 16.4. The smallest absolute Gasteiger partial charge is 0.335 e. The summed E-state index contributed by atoms with van der Waals surface area (Å²) >= 11 is 6.13. The first-order chi connectivity index (χ1) is 12.1. The fraction of sp³-hybridized carbons (Fsp3) is 0.500. The molecule has 0 atom stereocenters. The van der Waals surface area contributed by atoms with E-state index < -0.39 is 11.6 Å². The molecule has 1 aromatic rings. The number of aliphatic carboxylic acids is 1. The molecule has 1 fully saturated rings. The first kappa shape index (κ1) is 20.2. The molecule has 0 radical (unpaired) electrons. The Hall–Kier alpha value is -2.12. The minimum absolute atomic E-state index is 0.0451. The number of carboxylic acids is 1. The summed E-state index contributed by atoms with van der Waals surface area (Å²) in [6, 6.07) is 4.68. The highest BCUT2D eigenvalue weighted by atomic mass is 35.5. The summed E-state index contributed by atoms with van der Waals surface area (Å²) in [5.74, 6) is -1.57. The second-order valence-electron chi connectivity index (χ2n) is 6.97. The van der Waals surface area contributed by atoms with Crippen molar-refractivity contribution in [3.63, 3.8) is 0 Å². The quantitative estimate of drug-likeness (QED) is 0.724. The average Bonchev–Trinajstić information content (AvgIpc) is 2.56. The van der Waals surface area contributed by atoms with Gasteiger partial charge in [-0.2, -0.15) is 0 Å². The van der Waals surface area contributed by atoms with Gasteiger partial charge in [-0.05, 0) is 24.1 Å². The van der Waals surface area contributed by atoms with Crippen molar-refractivity contribution in [2.45, 2.75) is 38.7 Å². The second-order valence-corrected chi connectivity index (χ2v) is 7.38. The van der Waals surface area contributed by atoms with E-state index in [4.69, 9.17) is 16.7 Å². The zero-order chi connectivity index (χ0) is 19.5. The molecule has 2 amide bonds. The minimum Gasteiger partial charge on any atom is -0.479 e. The van der Waals surface area contributed by atoms with Crippen LogP contribution in [0.5, 0.6) is 0 Å². The van der Waals surface area contributed by atoms with Crippen LogP contribution in [-0.2, 0) is 9.59 Å². The van der Waals surface area contributed by atoms with Crippen LogP contribution in [-0.4, -0.2) is 51.6 Å². The highest BCUT2D eigenvalue weighted by Crippen LogP contribution is 2.27. The van der Waals surface area contributed by atoms with Crippen molar-refractivity contribution in [3.05, 3.63) is 28.8 Å². The van der Waals surface area contributed by atoms with Crippen LogP contribution in [0.3, 0.4) is 0 Å². The van der Waals surface area contributed by atoms with Crippen LogP contribution in [0, 0.1) is 5.92 Å². The number of rotatable bonds is 5. The van der Waals surface area contributed by atoms with Crippen molar-refractivity contribution in [1.29, 1.82) is 0 Å². The molecule has 2 rings (SSSR count). The van der Waals surface area contributed by atoms with Gasteiger partial charge >= 0.3 is 5.97 Å².